The standard InChI is InChI=1S/C21H30BrN3O5/c1-13-10-25(14(2)12-26)21(28)17-8-16(22)9-23-19(17)30-18(13)11-24(3)20(27)15-4-6-29-7-5-15/h8-9,13-15,18,26H,4-7,10-12H2,1-3H3/t13-,14+,18-/m0/s1. The summed E-state index contributed by atoms with van der Waals surface area (Å²) >= 11 is 3.37. The summed E-state index contributed by atoms with van der Waals surface area (Å²) < 4.78 is 12.2. The number of likely N-dealkylation sites (N-methyl/N-ethyl adjacent to an activating group) is 1. The van der Waals surface area contributed by atoms with Crippen molar-refractivity contribution in [2.75, 3.05) is 40.0 Å². The second-order valence-electron chi connectivity index (χ2n) is 8.23. The topological polar surface area (TPSA) is 92.2 Å². The van der Waals surface area contributed by atoms with Gasteiger partial charge in [-0.3, -0.25) is 9.59 Å². The van der Waals surface area contributed by atoms with Crippen LogP contribution in [0.4, 0.5) is 0 Å². The van der Waals surface area contributed by atoms with Crippen molar-refractivity contribution in [3.8, 4) is 5.88 Å². The van der Waals surface area contributed by atoms with Gasteiger partial charge in [0.15, 0.2) is 0 Å². The maximum atomic E-state index is 13.1. The fourth-order valence-corrected chi connectivity index (χ4v) is 4.24. The zero-order valence-corrected chi connectivity index (χ0v) is 19.3. The van der Waals surface area contributed by atoms with E-state index >= 15 is 0 Å². The molecule has 30 heavy (non-hydrogen) atoms. The molecule has 1 aromatic rings. The van der Waals surface area contributed by atoms with Crippen LogP contribution in [-0.2, 0) is 9.53 Å². The number of amides is 2. The van der Waals surface area contributed by atoms with Gasteiger partial charge >= 0.3 is 0 Å². The van der Waals surface area contributed by atoms with Crippen LogP contribution in [0.1, 0.15) is 37.0 Å². The lowest BCUT2D eigenvalue weighted by Crippen LogP contribution is -2.51. The van der Waals surface area contributed by atoms with Gasteiger partial charge in [0.05, 0.1) is 19.2 Å². The number of carbonyl (C=O) groups is 2. The predicted octanol–water partition coefficient (Wildman–Crippen LogP) is 1.95. The first kappa shape index (κ1) is 23.0. The molecule has 2 aliphatic heterocycles. The lowest BCUT2D eigenvalue weighted by Gasteiger charge is -2.38. The van der Waals surface area contributed by atoms with Gasteiger partial charge in [0, 0.05) is 49.3 Å². The Kier molecular flexibility index (Phi) is 7.70. The number of ether oxygens (including phenoxy) is 2. The van der Waals surface area contributed by atoms with Crippen LogP contribution in [-0.4, -0.2) is 83.8 Å². The number of pyridine rings is 1. The van der Waals surface area contributed by atoms with Crippen molar-refractivity contribution in [3.63, 3.8) is 0 Å². The van der Waals surface area contributed by atoms with Gasteiger partial charge in [-0.05, 0) is 41.8 Å². The van der Waals surface area contributed by atoms with Crippen molar-refractivity contribution in [3.05, 3.63) is 22.3 Å². The molecule has 0 spiro atoms. The Morgan fingerprint density at radius 3 is 2.80 bits per heavy atom. The van der Waals surface area contributed by atoms with Gasteiger partial charge in [-0.25, -0.2) is 4.98 Å². The molecular formula is C21H30BrN3O5. The van der Waals surface area contributed by atoms with Crippen LogP contribution >= 0.6 is 15.9 Å². The fourth-order valence-electron chi connectivity index (χ4n) is 3.91. The van der Waals surface area contributed by atoms with E-state index in [1.807, 2.05) is 13.8 Å². The maximum Gasteiger partial charge on any atom is 0.259 e. The smallest absolute Gasteiger partial charge is 0.259 e. The Balaban J connectivity index is 1.84. The van der Waals surface area contributed by atoms with E-state index in [4.69, 9.17) is 9.47 Å². The lowest BCUT2D eigenvalue weighted by atomic mass is 9.97. The van der Waals surface area contributed by atoms with Gasteiger partial charge in [-0.1, -0.05) is 6.92 Å². The molecule has 0 saturated carbocycles. The van der Waals surface area contributed by atoms with Crippen LogP contribution in [0.3, 0.4) is 0 Å². The Morgan fingerprint density at radius 1 is 1.43 bits per heavy atom. The Labute approximate surface area is 185 Å². The minimum absolute atomic E-state index is 0.0264. The summed E-state index contributed by atoms with van der Waals surface area (Å²) in [6, 6.07) is 1.35. The van der Waals surface area contributed by atoms with Gasteiger partial charge in [0.25, 0.3) is 5.91 Å². The van der Waals surface area contributed by atoms with Gasteiger partial charge in [-0.2, -0.15) is 0 Å². The first-order valence-electron chi connectivity index (χ1n) is 10.4. The van der Waals surface area contributed by atoms with Crippen LogP contribution in [0.5, 0.6) is 5.88 Å². The van der Waals surface area contributed by atoms with Crippen molar-refractivity contribution in [2.24, 2.45) is 11.8 Å². The Hall–Kier alpha value is -1.71. The third kappa shape index (κ3) is 5.12. The van der Waals surface area contributed by atoms with Crippen LogP contribution in [0.25, 0.3) is 0 Å². The normalized spacial score (nSPS) is 23.8. The van der Waals surface area contributed by atoms with Crippen molar-refractivity contribution in [2.45, 2.75) is 38.8 Å². The van der Waals surface area contributed by atoms with Crippen LogP contribution in [0.2, 0.25) is 0 Å². The average molecular weight is 484 g/mol. The predicted molar refractivity (Wildman–Crippen MR) is 114 cm³/mol. The molecule has 1 fully saturated rings. The summed E-state index contributed by atoms with van der Waals surface area (Å²) in [4.78, 5) is 33.7. The highest BCUT2D eigenvalue weighted by Crippen LogP contribution is 2.29. The second-order valence-corrected chi connectivity index (χ2v) is 9.15. The number of aliphatic hydroxyl groups excluding tert-OH is 1. The molecule has 1 N–H and O–H groups in total. The van der Waals surface area contributed by atoms with Crippen molar-refractivity contribution in [1.82, 2.24) is 14.8 Å². The molecule has 2 aliphatic rings. The van der Waals surface area contributed by atoms with E-state index in [9.17, 15) is 14.7 Å². The molecule has 1 aromatic heterocycles. The van der Waals surface area contributed by atoms with E-state index in [1.165, 1.54) is 0 Å². The minimum Gasteiger partial charge on any atom is -0.472 e. The molecule has 9 heteroatoms. The molecule has 8 nitrogen and oxygen atoms in total. The average Bonchev–Trinajstić information content (AvgIpc) is 2.76. The maximum absolute atomic E-state index is 13.1. The van der Waals surface area contributed by atoms with Crippen molar-refractivity contribution >= 4 is 27.7 Å². The number of fused-ring (bicyclic) bond motifs is 1. The number of carbonyl (C=O) groups excluding carboxylic acids is 2. The van der Waals surface area contributed by atoms with E-state index in [-0.39, 0.29) is 48.3 Å². The van der Waals surface area contributed by atoms with E-state index in [1.54, 1.807) is 29.1 Å². The summed E-state index contributed by atoms with van der Waals surface area (Å²) in [5.41, 5.74) is 0.347. The van der Waals surface area contributed by atoms with E-state index in [2.05, 4.69) is 20.9 Å². The summed E-state index contributed by atoms with van der Waals surface area (Å²) in [6.45, 7) is 5.70. The molecule has 2 amide bonds. The summed E-state index contributed by atoms with van der Waals surface area (Å²) in [5.74, 6) is 0.0313. The third-order valence-corrected chi connectivity index (χ3v) is 6.32. The Morgan fingerprint density at radius 2 is 2.13 bits per heavy atom. The van der Waals surface area contributed by atoms with E-state index in [0.29, 0.717) is 36.3 Å². The zero-order valence-electron chi connectivity index (χ0n) is 17.7. The van der Waals surface area contributed by atoms with Crippen molar-refractivity contribution in [1.29, 1.82) is 0 Å². The van der Waals surface area contributed by atoms with Gasteiger partial charge in [0.2, 0.25) is 11.8 Å². The summed E-state index contributed by atoms with van der Waals surface area (Å²) in [7, 11) is 1.79. The quantitative estimate of drug-likeness (QED) is 0.687. The molecule has 3 atom stereocenters. The number of aliphatic hydroxyl groups is 1. The highest BCUT2D eigenvalue weighted by atomic mass is 79.9. The molecule has 0 unspecified atom stereocenters. The monoisotopic (exact) mass is 483 g/mol. The number of halogens is 1. The van der Waals surface area contributed by atoms with Crippen LogP contribution < -0.4 is 4.74 Å². The number of hydrogen-bond acceptors (Lipinski definition) is 6. The summed E-state index contributed by atoms with van der Waals surface area (Å²) in [5, 5.41) is 9.67. The minimum atomic E-state index is -0.341. The molecule has 3 heterocycles. The summed E-state index contributed by atoms with van der Waals surface area (Å²) in [6.07, 6.45) is 2.72. The first-order valence-corrected chi connectivity index (χ1v) is 11.2. The highest BCUT2D eigenvalue weighted by Gasteiger charge is 2.35. The van der Waals surface area contributed by atoms with Gasteiger partial charge in [-0.15, -0.1) is 0 Å². The largest absolute Gasteiger partial charge is 0.472 e. The molecule has 0 aliphatic carbocycles. The van der Waals surface area contributed by atoms with Gasteiger partial charge < -0.3 is 24.4 Å². The van der Waals surface area contributed by atoms with Crippen LogP contribution in [0, 0.1) is 11.8 Å². The lowest BCUT2D eigenvalue weighted by molar-refractivity contribution is -0.138. The number of hydrogen-bond donors (Lipinski definition) is 1. The highest BCUT2D eigenvalue weighted by molar-refractivity contribution is 9.10. The molecule has 3 rings (SSSR count). The molecule has 0 bridgehead atoms. The molecular weight excluding hydrogens is 454 g/mol. The SMILES string of the molecule is C[C@H](CO)N1C[C@H](C)[C@H](CN(C)C(=O)C2CCOCC2)Oc2ncc(Br)cc2C1=O. The fraction of sp³-hybridized carbons (Fsp3) is 0.667. The number of aromatic nitrogens is 1. The van der Waals surface area contributed by atoms with Gasteiger partial charge in [0.1, 0.15) is 11.7 Å². The molecule has 1 saturated heterocycles. The second kappa shape index (κ2) is 10.1. The molecule has 0 radical (unpaired) electrons. The Bertz CT molecular complexity index is 771. The van der Waals surface area contributed by atoms with E-state index in [0.717, 1.165) is 12.8 Å². The molecule has 166 valence electrons. The number of rotatable bonds is 5. The van der Waals surface area contributed by atoms with Crippen LogP contribution in [0.15, 0.2) is 16.7 Å². The van der Waals surface area contributed by atoms with Crippen molar-refractivity contribution < 1.29 is 24.2 Å². The first-order chi connectivity index (χ1) is 14.3. The molecule has 0 aromatic carbocycles. The zero-order chi connectivity index (χ0) is 21.8. The number of nitrogens with zero attached hydrogens (tertiary/aromatic N) is 3. The van der Waals surface area contributed by atoms with E-state index < -0.39 is 0 Å². The third-order valence-electron chi connectivity index (χ3n) is 5.89.